The van der Waals surface area contributed by atoms with Gasteiger partial charge < -0.3 is 53.5 Å². The van der Waals surface area contributed by atoms with Gasteiger partial charge in [0.05, 0.1) is 24.4 Å². The van der Waals surface area contributed by atoms with E-state index >= 15 is 0 Å². The van der Waals surface area contributed by atoms with Gasteiger partial charge in [0.15, 0.2) is 12.3 Å². The van der Waals surface area contributed by atoms with Gasteiger partial charge in [0.1, 0.15) is 19.0 Å². The van der Waals surface area contributed by atoms with E-state index in [1.165, 1.54) is 7.11 Å². The fourth-order valence-electron chi connectivity index (χ4n) is 6.73. The number of amides is 1. The van der Waals surface area contributed by atoms with Crippen LogP contribution in [0.3, 0.4) is 0 Å². The van der Waals surface area contributed by atoms with Gasteiger partial charge in [-0.25, -0.2) is 0 Å². The van der Waals surface area contributed by atoms with E-state index < -0.39 is 47.6 Å². The zero-order valence-electron chi connectivity index (χ0n) is 28.6. The van der Waals surface area contributed by atoms with Gasteiger partial charge in [-0.05, 0) is 50.9 Å². The van der Waals surface area contributed by atoms with Crippen molar-refractivity contribution in [1.82, 2.24) is 5.32 Å². The number of aliphatic hydroxyl groups excluding tert-OH is 1. The van der Waals surface area contributed by atoms with E-state index in [4.69, 9.17) is 33.2 Å². The maximum Gasteiger partial charge on any atom is 1.00 e. The summed E-state index contributed by atoms with van der Waals surface area (Å²) >= 11 is 0. The number of carbonyl (C=O) groups excluding carboxylic acids is 2. The van der Waals surface area contributed by atoms with Crippen molar-refractivity contribution in [2.75, 3.05) is 28.1 Å². The van der Waals surface area contributed by atoms with Crippen molar-refractivity contribution < 1.29 is 82.5 Å². The predicted molar refractivity (Wildman–Crippen MR) is 158 cm³/mol. The van der Waals surface area contributed by atoms with Crippen molar-refractivity contribution in [2.45, 2.75) is 134 Å². The van der Waals surface area contributed by atoms with Crippen molar-refractivity contribution >= 4 is 11.9 Å². The molecule has 0 bridgehead atoms. The van der Waals surface area contributed by atoms with E-state index in [-0.39, 0.29) is 79.0 Å². The number of hydrogen-bond acceptors (Lipinski definition) is 11. The quantitative estimate of drug-likeness (QED) is 0.128. The van der Waals surface area contributed by atoms with Gasteiger partial charge >= 0.3 is 29.6 Å². The van der Waals surface area contributed by atoms with Gasteiger partial charge in [-0.3, -0.25) is 4.79 Å². The van der Waals surface area contributed by atoms with Crippen LogP contribution in [0.15, 0.2) is 12.2 Å². The molecule has 3 aliphatic rings. The molecule has 254 valence electrons. The molecule has 1 amide bonds. The second-order valence-electron chi connectivity index (χ2n) is 13.1. The number of fused-ring (bicyclic) bond motifs is 1. The second-order valence-corrected chi connectivity index (χ2v) is 13.1. The first-order chi connectivity index (χ1) is 20.8. The van der Waals surface area contributed by atoms with Crippen molar-refractivity contribution in [3.63, 3.8) is 0 Å². The van der Waals surface area contributed by atoms with Crippen LogP contribution in [0.2, 0.25) is 0 Å². The monoisotopic (exact) mass is 651 g/mol. The van der Waals surface area contributed by atoms with Crippen LogP contribution in [0.4, 0.5) is 0 Å². The second kappa shape index (κ2) is 18.2. The summed E-state index contributed by atoms with van der Waals surface area (Å²) in [5.74, 6) is -2.82. The van der Waals surface area contributed by atoms with Crippen LogP contribution in [0.1, 0.15) is 79.6 Å². The molecule has 0 aromatic carbocycles. The third-order valence-electron chi connectivity index (χ3n) is 9.88. The Morgan fingerprint density at radius 2 is 1.78 bits per heavy atom. The first-order valence-corrected chi connectivity index (χ1v) is 15.8. The van der Waals surface area contributed by atoms with Crippen molar-refractivity contribution in [1.29, 1.82) is 0 Å². The van der Waals surface area contributed by atoms with E-state index in [9.17, 15) is 19.8 Å². The number of aliphatic hydroxyl groups is 1. The summed E-state index contributed by atoms with van der Waals surface area (Å²) in [5, 5.41) is 24.6. The Bertz CT molecular complexity index is 953. The minimum atomic E-state index is -1.60. The molecule has 0 aliphatic carbocycles. The van der Waals surface area contributed by atoms with E-state index in [1.54, 1.807) is 14.2 Å². The van der Waals surface area contributed by atoms with Crippen LogP contribution < -0.4 is 40.0 Å². The molecule has 3 heterocycles. The number of aliphatic carboxylic acids is 1. The molecule has 45 heavy (non-hydrogen) atoms. The number of unbranched alkanes of at least 4 members (excludes halogenated alkanes) is 1. The Labute approximate surface area is 290 Å². The molecule has 0 radical (unpaired) electrons. The van der Waals surface area contributed by atoms with E-state index in [1.807, 2.05) is 19.1 Å². The molecule has 0 saturated carbocycles. The summed E-state index contributed by atoms with van der Waals surface area (Å²) in [7, 11) is 4.74. The summed E-state index contributed by atoms with van der Waals surface area (Å²) in [6.07, 6.45) is 2.89. The molecule has 0 aromatic rings. The molecule has 12 nitrogen and oxygen atoms in total. The third-order valence-corrected chi connectivity index (χ3v) is 9.88. The standard InChI is InChI=1S/C32H55NO11.Na/c1-19-17-32(40-8,44-21(3)20(19)2)27(36)29(37)33-30-26-25(41-18-42-30)28(39-7)31(4,5)23(43-26)16-22(38-6)14-12-10-9-11-13-15-24(34)35;/h9,11,19-23,25-28,30,36H,10,12-18H2,1-8H3,(H,33,37)(H,34,35);/q;+1/p-1/b11-9+;/t19?,20-,21-,22-,23-,25+,26+,27-,28-,30-,32-;/m1./s1. The number of carbonyl (C=O) groups is 2. The van der Waals surface area contributed by atoms with Crippen molar-refractivity contribution in [3.05, 3.63) is 12.2 Å². The van der Waals surface area contributed by atoms with Gasteiger partial charge in [-0.1, -0.05) is 39.8 Å². The van der Waals surface area contributed by atoms with E-state index in [0.29, 0.717) is 19.3 Å². The van der Waals surface area contributed by atoms with Crippen LogP contribution in [0.5, 0.6) is 0 Å². The fourth-order valence-corrected chi connectivity index (χ4v) is 6.73. The average molecular weight is 652 g/mol. The SMILES string of the molecule is CO[C@H](CCC/C=C/CCC(=O)[O-])C[C@H]1O[C@H]2[C@H](OCO[C@H]2NC(=O)[C@@H](O)[C@@]2(OC)CC(C)[C@@H](C)[C@@H](C)O2)[C@@H](OC)C1(C)C.[Na+]. The van der Waals surface area contributed by atoms with Crippen LogP contribution in [0, 0.1) is 17.3 Å². The molecule has 3 aliphatic heterocycles. The van der Waals surface area contributed by atoms with Crippen molar-refractivity contribution in [3.8, 4) is 0 Å². The topological polar surface area (TPSA) is 154 Å². The van der Waals surface area contributed by atoms with E-state index in [2.05, 4.69) is 33.0 Å². The Morgan fingerprint density at radius 3 is 2.38 bits per heavy atom. The summed E-state index contributed by atoms with van der Waals surface area (Å²) < 4.78 is 42.0. The average Bonchev–Trinajstić information content (AvgIpc) is 2.98. The maximum atomic E-state index is 13.5. The molecule has 0 aromatic heterocycles. The molecule has 3 saturated heterocycles. The molecule has 1 unspecified atom stereocenters. The zero-order chi connectivity index (χ0) is 32.7. The molecule has 3 rings (SSSR count). The number of ether oxygens (including phenoxy) is 7. The minimum absolute atomic E-state index is 0. The molecular weight excluding hydrogens is 597 g/mol. The summed E-state index contributed by atoms with van der Waals surface area (Å²) in [6.45, 7) is 10.1. The van der Waals surface area contributed by atoms with E-state index in [0.717, 1.165) is 19.3 Å². The van der Waals surface area contributed by atoms with Crippen LogP contribution in [-0.4, -0.2) is 99.8 Å². The number of methoxy groups -OCH3 is 3. The van der Waals surface area contributed by atoms with Gasteiger partial charge in [0.2, 0.25) is 5.79 Å². The predicted octanol–water partition coefficient (Wildman–Crippen LogP) is -0.939. The molecule has 11 atom stereocenters. The first kappa shape index (κ1) is 40.5. The third kappa shape index (κ3) is 9.95. The number of rotatable bonds is 15. The Balaban J connectivity index is 0.00000705. The molecule has 13 heteroatoms. The van der Waals surface area contributed by atoms with Gasteiger partial charge in [-0.2, -0.15) is 0 Å². The van der Waals surface area contributed by atoms with Crippen molar-refractivity contribution in [2.24, 2.45) is 17.3 Å². The Morgan fingerprint density at radius 1 is 1.09 bits per heavy atom. The number of nitrogens with one attached hydrogen (secondary N) is 1. The normalized spacial score (nSPS) is 36.0. The number of allylic oxidation sites excluding steroid dienone is 2. The minimum Gasteiger partial charge on any atom is -0.550 e. The van der Waals surface area contributed by atoms with Crippen LogP contribution in [0.25, 0.3) is 0 Å². The Kier molecular flexibility index (Phi) is 16.4. The molecule has 3 fully saturated rings. The van der Waals surface area contributed by atoms with Crippen LogP contribution >= 0.6 is 0 Å². The summed E-state index contributed by atoms with van der Waals surface area (Å²) in [5.41, 5.74) is -0.470. The zero-order valence-corrected chi connectivity index (χ0v) is 30.6. The molecule has 0 spiro atoms. The molecule has 2 N–H and O–H groups in total. The summed E-state index contributed by atoms with van der Waals surface area (Å²) in [6, 6.07) is 0. The number of hydrogen-bond donors (Lipinski definition) is 2. The van der Waals surface area contributed by atoms with Gasteiger partial charge in [0.25, 0.3) is 5.91 Å². The number of carboxylic acid groups (broad SMARTS) is 1. The maximum absolute atomic E-state index is 13.5. The Hall–Kier alpha value is -0.640. The number of carboxylic acids is 1. The molecular formula is C32H54NNaO11. The largest absolute Gasteiger partial charge is 1.00 e. The van der Waals surface area contributed by atoms with Gasteiger partial charge in [0, 0.05) is 45.6 Å². The fraction of sp³-hybridized carbons (Fsp3) is 0.875. The smallest absolute Gasteiger partial charge is 0.550 e. The first-order valence-electron chi connectivity index (χ1n) is 15.8. The van der Waals surface area contributed by atoms with Crippen LogP contribution in [-0.2, 0) is 42.7 Å². The van der Waals surface area contributed by atoms with Gasteiger partial charge in [-0.15, -0.1) is 0 Å². The summed E-state index contributed by atoms with van der Waals surface area (Å²) in [4.78, 5) is 24.1.